The van der Waals surface area contributed by atoms with Crippen LogP contribution in [0.15, 0.2) is 23.6 Å². The van der Waals surface area contributed by atoms with Crippen LogP contribution in [0.4, 0.5) is 0 Å². The SMILES string of the molecule is Cc1nc(C)c2c(n1)O[C@H](CN(C)Cc1cc(-c3cccs3)n[nH]1)C2. The Kier molecular flexibility index (Phi) is 4.27. The number of aryl methyl sites for hydroxylation is 2. The van der Waals surface area contributed by atoms with Crippen molar-refractivity contribution in [2.24, 2.45) is 0 Å². The molecule has 1 atom stereocenters. The van der Waals surface area contributed by atoms with E-state index in [2.05, 4.69) is 49.6 Å². The zero-order valence-corrected chi connectivity index (χ0v) is 15.4. The van der Waals surface area contributed by atoms with Gasteiger partial charge >= 0.3 is 0 Å². The average molecular weight is 355 g/mol. The third-order valence-corrected chi connectivity index (χ3v) is 5.25. The number of nitrogens with zero attached hydrogens (tertiary/aromatic N) is 4. The van der Waals surface area contributed by atoms with Gasteiger partial charge in [-0.05, 0) is 38.4 Å². The summed E-state index contributed by atoms with van der Waals surface area (Å²) in [6, 6.07) is 6.25. The molecule has 1 N–H and O–H groups in total. The summed E-state index contributed by atoms with van der Waals surface area (Å²) in [5.41, 5.74) is 4.28. The lowest BCUT2D eigenvalue weighted by molar-refractivity contribution is 0.160. The zero-order valence-electron chi connectivity index (χ0n) is 14.6. The van der Waals surface area contributed by atoms with E-state index in [4.69, 9.17) is 4.74 Å². The fourth-order valence-electron chi connectivity index (χ4n) is 3.26. The Morgan fingerprint density at radius 1 is 1.36 bits per heavy atom. The summed E-state index contributed by atoms with van der Waals surface area (Å²) in [5.74, 6) is 1.52. The number of likely N-dealkylation sites (N-methyl/N-ethyl adjacent to an activating group) is 1. The molecule has 0 saturated carbocycles. The van der Waals surface area contributed by atoms with Crippen LogP contribution in [0.5, 0.6) is 5.88 Å². The number of hydrogen-bond donors (Lipinski definition) is 1. The fraction of sp³-hybridized carbons (Fsp3) is 0.389. The minimum Gasteiger partial charge on any atom is -0.472 e. The first kappa shape index (κ1) is 16.2. The van der Waals surface area contributed by atoms with Gasteiger partial charge in [0.1, 0.15) is 17.6 Å². The number of nitrogens with one attached hydrogen (secondary N) is 1. The molecule has 25 heavy (non-hydrogen) atoms. The van der Waals surface area contributed by atoms with Gasteiger partial charge in [0, 0.05) is 36.5 Å². The third-order valence-electron chi connectivity index (χ3n) is 4.36. The molecule has 0 saturated heterocycles. The Balaban J connectivity index is 1.37. The highest BCUT2D eigenvalue weighted by molar-refractivity contribution is 7.13. The average Bonchev–Trinajstić information content (AvgIpc) is 3.26. The second-order valence-corrected chi connectivity index (χ2v) is 7.48. The maximum absolute atomic E-state index is 6.02. The molecule has 6 nitrogen and oxygen atoms in total. The third kappa shape index (κ3) is 3.43. The van der Waals surface area contributed by atoms with E-state index in [1.165, 1.54) is 4.88 Å². The molecule has 0 aromatic carbocycles. The van der Waals surface area contributed by atoms with Crippen molar-refractivity contribution in [2.75, 3.05) is 13.6 Å². The van der Waals surface area contributed by atoms with Crippen LogP contribution in [0.2, 0.25) is 0 Å². The number of thiophene rings is 1. The first-order chi connectivity index (χ1) is 12.1. The number of aromatic amines is 1. The fourth-order valence-corrected chi connectivity index (χ4v) is 3.95. The minimum atomic E-state index is 0.120. The number of aromatic nitrogens is 4. The summed E-state index contributed by atoms with van der Waals surface area (Å²) in [6.07, 6.45) is 0.990. The van der Waals surface area contributed by atoms with Crippen molar-refractivity contribution in [3.63, 3.8) is 0 Å². The number of H-pyrrole nitrogens is 1. The van der Waals surface area contributed by atoms with Crippen molar-refractivity contribution in [2.45, 2.75) is 32.9 Å². The van der Waals surface area contributed by atoms with Gasteiger partial charge < -0.3 is 4.74 Å². The monoisotopic (exact) mass is 355 g/mol. The molecule has 0 spiro atoms. The number of ether oxygens (including phenoxy) is 1. The predicted octanol–water partition coefficient (Wildman–Crippen LogP) is 2.98. The lowest BCUT2D eigenvalue weighted by atomic mass is 10.1. The van der Waals surface area contributed by atoms with E-state index < -0.39 is 0 Å². The van der Waals surface area contributed by atoms with Crippen LogP contribution in [-0.2, 0) is 13.0 Å². The molecule has 0 fully saturated rings. The summed E-state index contributed by atoms with van der Waals surface area (Å²) in [7, 11) is 2.10. The maximum atomic E-state index is 6.02. The molecule has 1 aliphatic rings. The van der Waals surface area contributed by atoms with Crippen molar-refractivity contribution < 1.29 is 4.74 Å². The number of fused-ring (bicyclic) bond motifs is 1. The Hall–Kier alpha value is -2.25. The van der Waals surface area contributed by atoms with Crippen LogP contribution in [0.25, 0.3) is 10.6 Å². The van der Waals surface area contributed by atoms with Crippen LogP contribution >= 0.6 is 11.3 Å². The van der Waals surface area contributed by atoms with E-state index in [0.29, 0.717) is 0 Å². The topological polar surface area (TPSA) is 66.9 Å². The molecule has 0 unspecified atom stereocenters. The maximum Gasteiger partial charge on any atom is 0.220 e. The summed E-state index contributed by atoms with van der Waals surface area (Å²) in [5, 5.41) is 9.61. The largest absolute Gasteiger partial charge is 0.472 e. The van der Waals surface area contributed by atoms with E-state index in [0.717, 1.165) is 53.9 Å². The summed E-state index contributed by atoms with van der Waals surface area (Å²) >= 11 is 1.70. The van der Waals surface area contributed by atoms with Gasteiger partial charge in [-0.25, -0.2) is 4.98 Å². The van der Waals surface area contributed by atoms with Crippen LogP contribution in [-0.4, -0.2) is 44.8 Å². The molecule has 0 radical (unpaired) electrons. The van der Waals surface area contributed by atoms with Crippen molar-refractivity contribution >= 4 is 11.3 Å². The van der Waals surface area contributed by atoms with Crippen LogP contribution in [0.3, 0.4) is 0 Å². The highest BCUT2D eigenvalue weighted by atomic mass is 32.1. The molecule has 1 aliphatic heterocycles. The molecule has 0 aliphatic carbocycles. The van der Waals surface area contributed by atoms with Crippen molar-refractivity contribution in [3.8, 4) is 16.5 Å². The molecule has 3 aromatic heterocycles. The van der Waals surface area contributed by atoms with E-state index in [1.807, 2.05) is 19.9 Å². The second kappa shape index (κ2) is 6.57. The van der Waals surface area contributed by atoms with Gasteiger partial charge in [-0.3, -0.25) is 10.00 Å². The zero-order chi connectivity index (χ0) is 17.4. The van der Waals surface area contributed by atoms with E-state index in [-0.39, 0.29) is 6.10 Å². The van der Waals surface area contributed by atoms with Crippen LogP contribution in [0.1, 0.15) is 22.8 Å². The van der Waals surface area contributed by atoms with Crippen LogP contribution in [0, 0.1) is 13.8 Å². The summed E-state index contributed by atoms with van der Waals surface area (Å²) < 4.78 is 6.02. The van der Waals surface area contributed by atoms with E-state index in [9.17, 15) is 0 Å². The minimum absolute atomic E-state index is 0.120. The van der Waals surface area contributed by atoms with Gasteiger partial charge in [-0.1, -0.05) is 6.07 Å². The van der Waals surface area contributed by atoms with E-state index >= 15 is 0 Å². The predicted molar refractivity (Wildman–Crippen MR) is 97.9 cm³/mol. The van der Waals surface area contributed by atoms with Gasteiger partial charge in [0.05, 0.1) is 4.88 Å². The Labute approximate surface area is 150 Å². The van der Waals surface area contributed by atoms with Gasteiger partial charge in [0.25, 0.3) is 0 Å². The van der Waals surface area contributed by atoms with Crippen molar-refractivity contribution in [1.82, 2.24) is 25.1 Å². The Bertz CT molecular complexity index is 874. The molecular formula is C18H21N5OS. The van der Waals surface area contributed by atoms with Gasteiger partial charge in [0.15, 0.2) is 0 Å². The highest BCUT2D eigenvalue weighted by Crippen LogP contribution is 2.29. The van der Waals surface area contributed by atoms with Crippen molar-refractivity contribution in [1.29, 1.82) is 0 Å². The number of rotatable bonds is 5. The molecule has 0 bridgehead atoms. The molecule has 4 rings (SSSR count). The smallest absolute Gasteiger partial charge is 0.220 e. The molecular weight excluding hydrogens is 334 g/mol. The standard InChI is InChI=1S/C18H21N5OS/c1-11-15-8-14(24-18(15)20-12(2)19-11)10-23(3)9-13-7-16(22-21-13)17-5-4-6-25-17/h4-7,14H,8-10H2,1-3H3,(H,21,22)/t14-/m0/s1. The normalized spacial score (nSPS) is 16.2. The van der Waals surface area contributed by atoms with Crippen LogP contribution < -0.4 is 4.74 Å². The second-order valence-electron chi connectivity index (χ2n) is 6.54. The molecule has 130 valence electrons. The van der Waals surface area contributed by atoms with Gasteiger partial charge in [-0.15, -0.1) is 11.3 Å². The lowest BCUT2D eigenvalue weighted by Gasteiger charge is -2.19. The molecule has 4 heterocycles. The first-order valence-electron chi connectivity index (χ1n) is 8.36. The van der Waals surface area contributed by atoms with Gasteiger partial charge in [-0.2, -0.15) is 10.1 Å². The Morgan fingerprint density at radius 3 is 3.04 bits per heavy atom. The van der Waals surface area contributed by atoms with E-state index in [1.54, 1.807) is 11.3 Å². The summed E-state index contributed by atoms with van der Waals surface area (Å²) in [6.45, 7) is 5.57. The quantitative estimate of drug-likeness (QED) is 0.762. The summed E-state index contributed by atoms with van der Waals surface area (Å²) in [4.78, 5) is 12.3. The molecule has 3 aromatic rings. The molecule has 0 amide bonds. The Morgan fingerprint density at radius 2 is 2.24 bits per heavy atom. The molecule has 7 heteroatoms. The lowest BCUT2D eigenvalue weighted by Crippen LogP contribution is -2.31. The highest BCUT2D eigenvalue weighted by Gasteiger charge is 2.27. The van der Waals surface area contributed by atoms with Gasteiger partial charge in [0.2, 0.25) is 5.88 Å². The number of hydrogen-bond acceptors (Lipinski definition) is 6. The first-order valence-corrected chi connectivity index (χ1v) is 9.24. The van der Waals surface area contributed by atoms with Crippen molar-refractivity contribution in [3.05, 3.63) is 46.4 Å².